The number of carbonyl (C=O) groups is 1. The second kappa shape index (κ2) is 7.68. The van der Waals surface area contributed by atoms with Crippen molar-refractivity contribution in [2.24, 2.45) is 0 Å². The number of H-pyrrole nitrogens is 1. The molecule has 0 saturated heterocycles. The van der Waals surface area contributed by atoms with E-state index in [9.17, 15) is 4.79 Å². The highest BCUT2D eigenvalue weighted by Crippen LogP contribution is 2.11. The number of aryl methyl sites for hydroxylation is 1. The molecule has 1 amide bonds. The van der Waals surface area contributed by atoms with Gasteiger partial charge in [-0.3, -0.25) is 4.79 Å². The zero-order valence-electron chi connectivity index (χ0n) is 12.1. The number of hydrogen-bond donors (Lipinski definition) is 2. The van der Waals surface area contributed by atoms with Crippen LogP contribution in [0, 0.1) is 0 Å². The first-order valence-corrected chi connectivity index (χ1v) is 7.50. The number of aromatic nitrogens is 2. The molecular weight excluding hydrogens is 250 g/mol. The molecule has 4 nitrogen and oxygen atoms in total. The predicted molar refractivity (Wildman–Crippen MR) is 81.6 cm³/mol. The Morgan fingerprint density at radius 2 is 2.10 bits per heavy atom. The summed E-state index contributed by atoms with van der Waals surface area (Å²) in [7, 11) is 0. The highest BCUT2D eigenvalue weighted by atomic mass is 16.1. The Balaban J connectivity index is 1.70. The van der Waals surface area contributed by atoms with Crippen LogP contribution in [0.5, 0.6) is 0 Å². The van der Waals surface area contributed by atoms with Crippen molar-refractivity contribution >= 4 is 16.9 Å². The fourth-order valence-electron chi connectivity index (χ4n) is 2.22. The van der Waals surface area contributed by atoms with E-state index in [-0.39, 0.29) is 5.91 Å². The maximum atomic E-state index is 11.7. The lowest BCUT2D eigenvalue weighted by Gasteiger charge is -2.03. The van der Waals surface area contributed by atoms with Gasteiger partial charge in [-0.25, -0.2) is 4.98 Å². The fraction of sp³-hybridized carbons (Fsp3) is 0.500. The van der Waals surface area contributed by atoms with Gasteiger partial charge in [-0.05, 0) is 18.6 Å². The Bertz CT molecular complexity index is 514. The summed E-state index contributed by atoms with van der Waals surface area (Å²) < 4.78 is 0. The number of rotatable bonds is 8. The summed E-state index contributed by atoms with van der Waals surface area (Å²) in [5.74, 6) is 0.995. The third kappa shape index (κ3) is 4.37. The Hall–Kier alpha value is -1.84. The normalized spacial score (nSPS) is 10.8. The quantitative estimate of drug-likeness (QED) is 0.726. The number of nitrogens with zero attached hydrogens (tertiary/aromatic N) is 1. The highest BCUT2D eigenvalue weighted by Gasteiger charge is 2.05. The van der Waals surface area contributed by atoms with E-state index in [1.165, 1.54) is 19.3 Å². The molecule has 1 aromatic heterocycles. The van der Waals surface area contributed by atoms with Crippen molar-refractivity contribution in [3.63, 3.8) is 0 Å². The maximum Gasteiger partial charge on any atom is 0.220 e. The standard InChI is InChI=1S/C16H23N3O/c1-2-3-4-7-12-17-16(20)11-10-15-18-13-8-5-6-9-14(13)19-15/h5-6,8-9H,2-4,7,10-12H2,1H3,(H,17,20)(H,18,19). The Kier molecular flexibility index (Phi) is 5.59. The molecule has 0 unspecified atom stereocenters. The van der Waals surface area contributed by atoms with E-state index in [1.807, 2.05) is 24.3 Å². The molecule has 0 atom stereocenters. The molecule has 108 valence electrons. The Morgan fingerprint density at radius 1 is 1.25 bits per heavy atom. The molecule has 0 aliphatic carbocycles. The van der Waals surface area contributed by atoms with E-state index in [0.717, 1.165) is 29.8 Å². The number of imidazole rings is 1. The van der Waals surface area contributed by atoms with Crippen LogP contribution in [0.4, 0.5) is 0 Å². The van der Waals surface area contributed by atoms with Gasteiger partial charge < -0.3 is 10.3 Å². The molecule has 4 heteroatoms. The third-order valence-electron chi connectivity index (χ3n) is 3.38. The van der Waals surface area contributed by atoms with Crippen LogP contribution >= 0.6 is 0 Å². The van der Waals surface area contributed by atoms with Crippen LogP contribution in [0.15, 0.2) is 24.3 Å². The number of hydrogen-bond acceptors (Lipinski definition) is 2. The number of para-hydroxylation sites is 2. The van der Waals surface area contributed by atoms with Crippen molar-refractivity contribution in [1.29, 1.82) is 0 Å². The minimum atomic E-state index is 0.113. The maximum absolute atomic E-state index is 11.7. The van der Waals surface area contributed by atoms with E-state index in [1.54, 1.807) is 0 Å². The van der Waals surface area contributed by atoms with Crippen molar-refractivity contribution in [3.8, 4) is 0 Å². The zero-order valence-corrected chi connectivity index (χ0v) is 12.1. The first kappa shape index (κ1) is 14.6. The van der Waals surface area contributed by atoms with Crippen LogP contribution in [-0.4, -0.2) is 22.4 Å². The van der Waals surface area contributed by atoms with Crippen LogP contribution in [0.25, 0.3) is 11.0 Å². The smallest absolute Gasteiger partial charge is 0.220 e. The van der Waals surface area contributed by atoms with Gasteiger partial charge in [0, 0.05) is 19.4 Å². The van der Waals surface area contributed by atoms with Crippen molar-refractivity contribution < 1.29 is 4.79 Å². The van der Waals surface area contributed by atoms with E-state index >= 15 is 0 Å². The largest absolute Gasteiger partial charge is 0.356 e. The molecule has 0 radical (unpaired) electrons. The topological polar surface area (TPSA) is 57.8 Å². The molecule has 2 aromatic rings. The lowest BCUT2D eigenvalue weighted by atomic mass is 10.2. The minimum Gasteiger partial charge on any atom is -0.356 e. The monoisotopic (exact) mass is 273 g/mol. The summed E-state index contributed by atoms with van der Waals surface area (Å²) in [6.07, 6.45) is 5.89. The zero-order chi connectivity index (χ0) is 14.2. The molecule has 2 N–H and O–H groups in total. The van der Waals surface area contributed by atoms with Gasteiger partial charge in [0.15, 0.2) is 0 Å². The van der Waals surface area contributed by atoms with Gasteiger partial charge in [0.05, 0.1) is 11.0 Å². The Labute approximate surface area is 120 Å². The summed E-state index contributed by atoms with van der Waals surface area (Å²) in [6.45, 7) is 2.98. The predicted octanol–water partition coefficient (Wildman–Crippen LogP) is 3.19. The van der Waals surface area contributed by atoms with Crippen molar-refractivity contribution in [1.82, 2.24) is 15.3 Å². The molecule has 1 heterocycles. The van der Waals surface area contributed by atoms with Gasteiger partial charge in [-0.15, -0.1) is 0 Å². The molecule has 0 spiro atoms. The van der Waals surface area contributed by atoms with Crippen LogP contribution < -0.4 is 5.32 Å². The lowest BCUT2D eigenvalue weighted by molar-refractivity contribution is -0.121. The average Bonchev–Trinajstić information content (AvgIpc) is 2.88. The van der Waals surface area contributed by atoms with Gasteiger partial charge >= 0.3 is 0 Å². The number of nitrogens with one attached hydrogen (secondary N) is 2. The second-order valence-corrected chi connectivity index (χ2v) is 5.11. The Morgan fingerprint density at radius 3 is 2.90 bits per heavy atom. The molecule has 20 heavy (non-hydrogen) atoms. The summed E-state index contributed by atoms with van der Waals surface area (Å²) in [5.41, 5.74) is 1.99. The lowest BCUT2D eigenvalue weighted by Crippen LogP contribution is -2.24. The molecule has 0 aliphatic heterocycles. The minimum absolute atomic E-state index is 0.113. The second-order valence-electron chi connectivity index (χ2n) is 5.11. The van der Waals surface area contributed by atoms with E-state index in [2.05, 4.69) is 22.2 Å². The van der Waals surface area contributed by atoms with Gasteiger partial charge in [0.2, 0.25) is 5.91 Å². The van der Waals surface area contributed by atoms with Crippen LogP contribution in [-0.2, 0) is 11.2 Å². The SMILES string of the molecule is CCCCCCNC(=O)CCc1nc2ccccc2[nH]1. The van der Waals surface area contributed by atoms with Crippen LogP contribution in [0.3, 0.4) is 0 Å². The molecule has 0 bridgehead atoms. The molecular formula is C16H23N3O. The first-order valence-electron chi connectivity index (χ1n) is 7.50. The number of unbranched alkanes of at least 4 members (excludes halogenated alkanes) is 3. The summed E-state index contributed by atoms with van der Waals surface area (Å²) >= 11 is 0. The van der Waals surface area contributed by atoms with Gasteiger partial charge in [0.1, 0.15) is 5.82 Å². The van der Waals surface area contributed by atoms with Gasteiger partial charge in [-0.2, -0.15) is 0 Å². The van der Waals surface area contributed by atoms with Gasteiger partial charge in [-0.1, -0.05) is 38.3 Å². The molecule has 2 rings (SSSR count). The van der Waals surface area contributed by atoms with Crippen molar-refractivity contribution in [2.75, 3.05) is 6.54 Å². The van der Waals surface area contributed by atoms with Crippen molar-refractivity contribution in [2.45, 2.75) is 45.4 Å². The summed E-state index contributed by atoms with van der Waals surface area (Å²) in [6, 6.07) is 7.92. The van der Waals surface area contributed by atoms with E-state index in [0.29, 0.717) is 12.8 Å². The number of amides is 1. The first-order chi connectivity index (χ1) is 9.79. The third-order valence-corrected chi connectivity index (χ3v) is 3.38. The van der Waals surface area contributed by atoms with Gasteiger partial charge in [0.25, 0.3) is 0 Å². The number of aromatic amines is 1. The molecule has 1 aromatic carbocycles. The molecule has 0 fully saturated rings. The van der Waals surface area contributed by atoms with Crippen LogP contribution in [0.1, 0.15) is 44.9 Å². The summed E-state index contributed by atoms with van der Waals surface area (Å²) in [5, 5.41) is 2.96. The van der Waals surface area contributed by atoms with E-state index < -0.39 is 0 Å². The number of fused-ring (bicyclic) bond motifs is 1. The molecule has 0 aliphatic rings. The highest BCUT2D eigenvalue weighted by molar-refractivity contribution is 5.77. The average molecular weight is 273 g/mol. The number of benzene rings is 1. The van der Waals surface area contributed by atoms with E-state index in [4.69, 9.17) is 0 Å². The summed E-state index contributed by atoms with van der Waals surface area (Å²) in [4.78, 5) is 19.4. The molecule has 0 saturated carbocycles. The van der Waals surface area contributed by atoms with Crippen molar-refractivity contribution in [3.05, 3.63) is 30.1 Å². The fourth-order valence-corrected chi connectivity index (χ4v) is 2.22. The van der Waals surface area contributed by atoms with Crippen LogP contribution in [0.2, 0.25) is 0 Å². The number of carbonyl (C=O) groups excluding carboxylic acids is 1.